The Kier molecular flexibility index (Phi) is 3.46. The highest BCUT2D eigenvalue weighted by atomic mass is 79.9. The van der Waals surface area contributed by atoms with Gasteiger partial charge in [-0.15, -0.1) is 0 Å². The molecule has 0 heterocycles. The third-order valence-corrected chi connectivity index (χ3v) is 9.87. The zero-order valence-electron chi connectivity index (χ0n) is 14.4. The van der Waals surface area contributed by atoms with Crippen LogP contribution in [0.15, 0.2) is 11.6 Å². The highest BCUT2D eigenvalue weighted by Crippen LogP contribution is 2.73. The molecule has 0 aromatic heterocycles. The van der Waals surface area contributed by atoms with Gasteiger partial charge < -0.3 is 5.11 Å². The molecule has 0 unspecified atom stereocenters. The molecule has 1 N–H and O–H groups in total. The van der Waals surface area contributed by atoms with E-state index >= 15 is 0 Å². The highest BCUT2D eigenvalue weighted by molar-refractivity contribution is 9.09. The predicted octanol–water partition coefficient (Wildman–Crippen LogP) is 5.32. The monoisotopic (exact) mass is 366 g/mol. The Hall–Kier alpha value is 0.180. The van der Waals surface area contributed by atoms with Crippen LogP contribution in [0.1, 0.15) is 65.7 Å². The summed E-state index contributed by atoms with van der Waals surface area (Å²) in [5.41, 5.74) is 3.18. The summed E-state index contributed by atoms with van der Waals surface area (Å²) in [6.07, 6.45) is 12.1. The van der Waals surface area contributed by atoms with E-state index in [1.165, 1.54) is 44.9 Å². The molecule has 3 saturated carbocycles. The van der Waals surface area contributed by atoms with Gasteiger partial charge in [-0.2, -0.15) is 0 Å². The summed E-state index contributed by atoms with van der Waals surface area (Å²) in [5.74, 6) is 2.78. The van der Waals surface area contributed by atoms with Crippen LogP contribution in [-0.4, -0.2) is 16.5 Å². The molecule has 4 aliphatic rings. The molecule has 124 valence electrons. The van der Waals surface area contributed by atoms with E-state index in [1.807, 2.05) is 0 Å². The second-order valence-corrected chi connectivity index (χ2v) is 10.7. The van der Waals surface area contributed by atoms with Crippen LogP contribution in [0.5, 0.6) is 0 Å². The molecule has 7 atom stereocenters. The van der Waals surface area contributed by atoms with Gasteiger partial charge in [-0.25, -0.2) is 0 Å². The number of rotatable bonds is 2. The summed E-state index contributed by atoms with van der Waals surface area (Å²) in [7, 11) is 0. The van der Waals surface area contributed by atoms with E-state index in [2.05, 4.69) is 42.8 Å². The summed E-state index contributed by atoms with van der Waals surface area (Å²) in [5, 5.41) is 9.59. The molecule has 4 rings (SSSR count). The number of alkyl halides is 1. The molecule has 1 nitrogen and oxygen atoms in total. The van der Waals surface area contributed by atoms with E-state index in [0.717, 1.165) is 17.8 Å². The van der Waals surface area contributed by atoms with Crippen molar-refractivity contribution in [2.24, 2.45) is 34.0 Å². The largest absolute Gasteiger partial charge is 0.395 e. The summed E-state index contributed by atoms with van der Waals surface area (Å²) in [4.78, 5) is 0.240. The Morgan fingerprint density at radius 3 is 2.73 bits per heavy atom. The number of allylic oxidation sites excluding steroid dienone is 2. The fourth-order valence-electron chi connectivity index (χ4n) is 6.76. The predicted molar refractivity (Wildman–Crippen MR) is 95.0 cm³/mol. The van der Waals surface area contributed by atoms with Crippen molar-refractivity contribution in [2.45, 2.75) is 70.5 Å². The van der Waals surface area contributed by atoms with Gasteiger partial charge in [0.25, 0.3) is 0 Å². The molecule has 3 fully saturated rings. The lowest BCUT2D eigenvalue weighted by atomic mass is 9.48. The van der Waals surface area contributed by atoms with Gasteiger partial charge in [-0.05, 0) is 78.9 Å². The maximum Gasteiger partial charge on any atom is 0.0561 e. The van der Waals surface area contributed by atoms with Gasteiger partial charge >= 0.3 is 0 Å². The van der Waals surface area contributed by atoms with Crippen LogP contribution in [0.3, 0.4) is 0 Å². The van der Waals surface area contributed by atoms with E-state index < -0.39 is 0 Å². The molecule has 0 radical (unpaired) electrons. The van der Waals surface area contributed by atoms with Gasteiger partial charge in [0.15, 0.2) is 0 Å². The van der Waals surface area contributed by atoms with Gasteiger partial charge in [-0.3, -0.25) is 0 Å². The summed E-state index contributed by atoms with van der Waals surface area (Å²) >= 11 is 3.74. The van der Waals surface area contributed by atoms with Crippen LogP contribution in [0, 0.1) is 34.0 Å². The normalized spacial score (nSPS) is 54.6. The fourth-order valence-corrected chi connectivity index (χ4v) is 7.15. The lowest BCUT2D eigenvalue weighted by Gasteiger charge is -2.57. The third kappa shape index (κ3) is 1.98. The summed E-state index contributed by atoms with van der Waals surface area (Å²) < 4.78 is 0. The van der Waals surface area contributed by atoms with E-state index in [-0.39, 0.29) is 16.8 Å². The molecular weight excluding hydrogens is 336 g/mol. The lowest BCUT2D eigenvalue weighted by molar-refractivity contribution is -0.0173. The SMILES string of the molecule is C[C@@]1([C@H](Br)CO)CC[C@@H]2C(=CC[C@@H]3[C@]2(C)CC[C@H]2C[C@]23C)C1. The average Bonchev–Trinajstić information content (AvgIpc) is 3.17. The Bertz CT molecular complexity index is 514. The number of aliphatic hydroxyl groups excluding tert-OH is 1. The van der Waals surface area contributed by atoms with Gasteiger partial charge in [0, 0.05) is 4.83 Å². The minimum Gasteiger partial charge on any atom is -0.395 e. The van der Waals surface area contributed by atoms with Crippen LogP contribution in [0.2, 0.25) is 0 Å². The Morgan fingerprint density at radius 2 is 2.00 bits per heavy atom. The molecule has 4 aliphatic carbocycles. The average molecular weight is 367 g/mol. The minimum absolute atomic E-state index is 0.237. The number of aliphatic hydroxyl groups is 1. The first-order valence-electron chi connectivity index (χ1n) is 9.27. The number of fused-ring (bicyclic) bond motifs is 5. The molecule has 0 spiro atoms. The first-order chi connectivity index (χ1) is 10.3. The topological polar surface area (TPSA) is 20.2 Å². The van der Waals surface area contributed by atoms with E-state index in [0.29, 0.717) is 10.8 Å². The minimum atomic E-state index is 0.237. The van der Waals surface area contributed by atoms with Gasteiger partial charge in [0.05, 0.1) is 6.61 Å². The van der Waals surface area contributed by atoms with Crippen LogP contribution in [0.4, 0.5) is 0 Å². The molecule has 2 heteroatoms. The van der Waals surface area contributed by atoms with Gasteiger partial charge in [0.2, 0.25) is 0 Å². The second-order valence-electron chi connectivity index (χ2n) is 9.59. The molecule has 0 aromatic carbocycles. The van der Waals surface area contributed by atoms with Crippen molar-refractivity contribution in [1.82, 2.24) is 0 Å². The van der Waals surface area contributed by atoms with E-state index in [1.54, 1.807) is 5.57 Å². The zero-order valence-corrected chi connectivity index (χ0v) is 16.0. The van der Waals surface area contributed by atoms with Crippen molar-refractivity contribution in [3.8, 4) is 0 Å². The Labute approximate surface area is 144 Å². The second kappa shape index (κ2) is 4.85. The van der Waals surface area contributed by atoms with E-state index in [9.17, 15) is 5.11 Å². The molecule has 0 saturated heterocycles. The molecule has 0 bridgehead atoms. The first-order valence-corrected chi connectivity index (χ1v) is 10.2. The van der Waals surface area contributed by atoms with Crippen molar-refractivity contribution in [2.75, 3.05) is 6.61 Å². The zero-order chi connectivity index (χ0) is 15.8. The summed E-state index contributed by atoms with van der Waals surface area (Å²) in [6.45, 7) is 7.82. The maximum atomic E-state index is 9.59. The molecule has 0 amide bonds. The van der Waals surface area contributed by atoms with Crippen molar-refractivity contribution < 1.29 is 5.11 Å². The molecular formula is C20H31BrO. The van der Waals surface area contributed by atoms with Crippen LogP contribution in [0.25, 0.3) is 0 Å². The Balaban J connectivity index is 1.63. The van der Waals surface area contributed by atoms with Crippen molar-refractivity contribution in [3.63, 3.8) is 0 Å². The summed E-state index contributed by atoms with van der Waals surface area (Å²) in [6, 6.07) is 0. The van der Waals surface area contributed by atoms with Crippen molar-refractivity contribution >= 4 is 15.9 Å². The van der Waals surface area contributed by atoms with E-state index in [4.69, 9.17) is 0 Å². The van der Waals surface area contributed by atoms with Crippen LogP contribution < -0.4 is 0 Å². The van der Waals surface area contributed by atoms with Crippen molar-refractivity contribution in [1.29, 1.82) is 0 Å². The smallest absolute Gasteiger partial charge is 0.0561 e. The fraction of sp³-hybridized carbons (Fsp3) is 0.900. The maximum absolute atomic E-state index is 9.59. The number of hydrogen-bond donors (Lipinski definition) is 1. The standard InChI is InChI=1S/C20H31BrO/c1-18(17(21)12-22)8-7-15-13(10-18)4-5-16-19(15,2)9-6-14-11-20(14,16)3/h4,14-17,22H,5-12H2,1-3H3/t14-,15+,16+,17+,18+,19+,20+/m0/s1. The van der Waals surface area contributed by atoms with Gasteiger partial charge in [-0.1, -0.05) is 48.4 Å². The molecule has 0 aliphatic heterocycles. The highest BCUT2D eigenvalue weighted by Gasteiger charge is 2.65. The molecule has 22 heavy (non-hydrogen) atoms. The van der Waals surface area contributed by atoms with Crippen LogP contribution in [-0.2, 0) is 0 Å². The third-order valence-electron chi connectivity index (χ3n) is 8.47. The van der Waals surface area contributed by atoms with Crippen LogP contribution >= 0.6 is 15.9 Å². The Morgan fingerprint density at radius 1 is 1.23 bits per heavy atom. The first kappa shape index (κ1) is 15.7. The van der Waals surface area contributed by atoms with Crippen molar-refractivity contribution in [3.05, 3.63) is 11.6 Å². The number of hydrogen-bond acceptors (Lipinski definition) is 1. The number of halogens is 1. The van der Waals surface area contributed by atoms with Gasteiger partial charge in [0.1, 0.15) is 0 Å². The lowest BCUT2D eigenvalue weighted by Crippen LogP contribution is -2.49. The molecule has 0 aromatic rings. The quantitative estimate of drug-likeness (QED) is 0.517.